The van der Waals surface area contributed by atoms with Crippen molar-refractivity contribution < 1.29 is 33.7 Å². The molecule has 0 aliphatic carbocycles. The maximum Gasteiger partial charge on any atom is 0.408 e. The summed E-state index contributed by atoms with van der Waals surface area (Å²) < 4.78 is 18.6. The lowest BCUT2D eigenvalue weighted by atomic mass is 9.97. The Morgan fingerprint density at radius 3 is 2.21 bits per heavy atom. The zero-order chi connectivity index (χ0) is 39.0. The third-order valence-corrected chi connectivity index (χ3v) is 10.6. The number of alkyl carbamates (subject to hydrolysis) is 1. The molecule has 0 aromatic heterocycles. The minimum atomic E-state index is -0.991. The summed E-state index contributed by atoms with van der Waals surface area (Å²) in [7, 11) is 2.11. The van der Waals surface area contributed by atoms with E-state index in [4.69, 9.17) is 14.2 Å². The van der Waals surface area contributed by atoms with E-state index < -0.39 is 24.3 Å². The second-order valence-electron chi connectivity index (χ2n) is 14.4. The van der Waals surface area contributed by atoms with Crippen molar-refractivity contribution in [3.05, 3.63) is 167 Å². The van der Waals surface area contributed by atoms with Gasteiger partial charge in [0.1, 0.15) is 12.6 Å². The van der Waals surface area contributed by atoms with Gasteiger partial charge in [-0.15, -0.1) is 0 Å². The number of likely N-dealkylation sites (N-methyl/N-ethyl adjacent to an activating group) is 1. The molecule has 3 amide bonds. The minimum absolute atomic E-state index is 0.0216. The molecule has 7 rings (SSSR count). The lowest BCUT2D eigenvalue weighted by molar-refractivity contribution is -0.253. The summed E-state index contributed by atoms with van der Waals surface area (Å²) in [5.74, 6) is -0.832. The molecule has 2 fully saturated rings. The van der Waals surface area contributed by atoms with Crippen LogP contribution in [0.3, 0.4) is 0 Å². The van der Waals surface area contributed by atoms with E-state index in [0.29, 0.717) is 13.0 Å². The van der Waals surface area contributed by atoms with Gasteiger partial charge < -0.3 is 24.6 Å². The molecule has 2 N–H and O–H groups in total. The lowest BCUT2D eigenvalue weighted by Gasteiger charge is -2.39. The molecule has 2 heterocycles. The van der Waals surface area contributed by atoms with E-state index in [0.717, 1.165) is 38.9 Å². The largest absolute Gasteiger partial charge is 0.445 e. The van der Waals surface area contributed by atoms with Crippen LogP contribution in [0.25, 0.3) is 11.1 Å². The van der Waals surface area contributed by atoms with Crippen molar-refractivity contribution in [1.29, 1.82) is 0 Å². The number of nitrogens with zero attached hydrogens (tertiary/aromatic N) is 2. The van der Waals surface area contributed by atoms with Crippen molar-refractivity contribution in [3.8, 4) is 11.1 Å². The van der Waals surface area contributed by atoms with Gasteiger partial charge in [0, 0.05) is 24.6 Å². The van der Waals surface area contributed by atoms with E-state index in [-0.39, 0.29) is 50.3 Å². The molecule has 2 saturated heterocycles. The van der Waals surface area contributed by atoms with Crippen LogP contribution in [-0.2, 0) is 43.6 Å². The Labute approximate surface area is 327 Å². The number of benzene rings is 5. The first-order valence-corrected chi connectivity index (χ1v) is 19.0. The van der Waals surface area contributed by atoms with Gasteiger partial charge in [0.05, 0.1) is 31.8 Å². The second-order valence-corrected chi connectivity index (χ2v) is 14.4. The number of amides is 3. The first kappa shape index (κ1) is 38.6. The summed E-state index contributed by atoms with van der Waals surface area (Å²) in [6.07, 6.45) is -1.17. The van der Waals surface area contributed by atoms with E-state index in [9.17, 15) is 19.5 Å². The predicted molar refractivity (Wildman–Crippen MR) is 212 cm³/mol. The van der Waals surface area contributed by atoms with E-state index in [1.165, 1.54) is 10.5 Å². The van der Waals surface area contributed by atoms with Crippen molar-refractivity contribution in [1.82, 2.24) is 15.1 Å². The van der Waals surface area contributed by atoms with E-state index in [2.05, 4.69) is 48.5 Å². The first-order valence-electron chi connectivity index (χ1n) is 19.0. The molecule has 2 aliphatic rings. The number of hydrogen-bond acceptors (Lipinski definition) is 8. The fraction of sp³-hybridized carbons (Fsp3) is 0.283. The summed E-state index contributed by atoms with van der Waals surface area (Å²) in [5, 5.41) is 12.2. The van der Waals surface area contributed by atoms with E-state index >= 15 is 0 Å². The number of aliphatic hydroxyl groups excluding tert-OH is 1. The molecule has 5 atom stereocenters. The number of likely N-dealkylation sites (tertiary alicyclic amines) is 1. The summed E-state index contributed by atoms with van der Waals surface area (Å²) >= 11 is 0. The quantitative estimate of drug-likeness (QED) is 0.118. The van der Waals surface area contributed by atoms with Gasteiger partial charge in [-0.25, -0.2) is 4.79 Å². The van der Waals surface area contributed by atoms with Crippen molar-refractivity contribution >= 4 is 17.9 Å². The average molecular weight is 754 g/mol. The molecular weight excluding hydrogens is 707 g/mol. The number of nitrogens with one attached hydrogen (secondary N) is 1. The standard InChI is InChI=1S/C46H47N3O7/c1-31(34-13-7-4-8-14-34)48(2)28-39-25-42(36-19-17-32(29-50)18-20-36)56-45(55-39)37-23-21-35(22-24-37)40-16-10-9-15-38(40)27-49-43(51)26-41(44(49)52)47-46(53)54-30-33-11-5-3-6-12-33/h3-24,31,39,41-42,45,50H,25-30H2,1-2H3,(H,47,53)/t31-,39+,41?,42-,45-/m0/s1. The SMILES string of the molecule is C[C@@H](c1ccccc1)N(C)C[C@H]1C[C@@H](c2ccc(CO)cc2)O[C@@H](c2ccc(-c3ccccc3CN3C(=O)CC(NC(=O)OCc4ccccc4)C3=O)cc2)O1. The molecule has 0 saturated carbocycles. The molecule has 0 radical (unpaired) electrons. The monoisotopic (exact) mass is 753 g/mol. The van der Waals surface area contributed by atoms with Crippen LogP contribution >= 0.6 is 0 Å². The van der Waals surface area contributed by atoms with Gasteiger partial charge in [0.15, 0.2) is 6.29 Å². The van der Waals surface area contributed by atoms with Gasteiger partial charge in [0.25, 0.3) is 5.91 Å². The number of hydrogen-bond donors (Lipinski definition) is 2. The smallest absolute Gasteiger partial charge is 0.408 e. The van der Waals surface area contributed by atoms with Gasteiger partial charge >= 0.3 is 6.09 Å². The van der Waals surface area contributed by atoms with Gasteiger partial charge in [-0.05, 0) is 52.9 Å². The summed E-state index contributed by atoms with van der Waals surface area (Å²) in [5.41, 5.74) is 7.36. The van der Waals surface area contributed by atoms with E-state index in [1.54, 1.807) is 0 Å². The van der Waals surface area contributed by atoms with Crippen molar-refractivity contribution in [2.24, 2.45) is 0 Å². The number of aliphatic hydroxyl groups is 1. The molecule has 10 heteroatoms. The molecule has 0 bridgehead atoms. The molecule has 1 unspecified atom stereocenters. The molecule has 56 heavy (non-hydrogen) atoms. The van der Waals surface area contributed by atoms with Crippen LogP contribution < -0.4 is 5.32 Å². The highest BCUT2D eigenvalue weighted by Gasteiger charge is 2.40. The predicted octanol–water partition coefficient (Wildman–Crippen LogP) is 7.64. The third-order valence-electron chi connectivity index (χ3n) is 10.6. The first-order chi connectivity index (χ1) is 27.2. The van der Waals surface area contributed by atoms with Crippen LogP contribution in [0.1, 0.15) is 71.6 Å². The highest BCUT2D eigenvalue weighted by Crippen LogP contribution is 2.39. The molecule has 0 spiro atoms. The Hall–Kier alpha value is -5.65. The second kappa shape index (κ2) is 17.9. The van der Waals surface area contributed by atoms with Gasteiger partial charge in [-0.1, -0.05) is 133 Å². The molecule has 2 aliphatic heterocycles. The topological polar surface area (TPSA) is 118 Å². The van der Waals surface area contributed by atoms with Crippen molar-refractivity contribution in [2.75, 3.05) is 13.6 Å². The van der Waals surface area contributed by atoms with Gasteiger partial charge in [-0.3, -0.25) is 19.4 Å². The lowest BCUT2D eigenvalue weighted by Crippen LogP contribution is -2.41. The van der Waals surface area contributed by atoms with Crippen LogP contribution in [0.5, 0.6) is 0 Å². The molecule has 5 aromatic rings. The van der Waals surface area contributed by atoms with Crippen LogP contribution in [-0.4, -0.2) is 58.6 Å². The normalized spacial score (nSPS) is 20.2. The summed E-state index contributed by atoms with van der Waals surface area (Å²) in [6.45, 7) is 3.00. The van der Waals surface area contributed by atoms with Crippen LogP contribution in [0.15, 0.2) is 133 Å². The van der Waals surface area contributed by atoms with Crippen LogP contribution in [0, 0.1) is 0 Å². The zero-order valence-corrected chi connectivity index (χ0v) is 31.6. The summed E-state index contributed by atoms with van der Waals surface area (Å²) in [6, 6.07) is 42.4. The zero-order valence-electron chi connectivity index (χ0n) is 31.6. The number of carbonyl (C=O) groups excluding carboxylic acids is 3. The number of imide groups is 1. The molecular formula is C46H47N3O7. The average Bonchev–Trinajstić information content (AvgIpc) is 3.50. The van der Waals surface area contributed by atoms with Crippen molar-refractivity contribution in [3.63, 3.8) is 0 Å². The Kier molecular flexibility index (Phi) is 12.3. The fourth-order valence-corrected chi connectivity index (χ4v) is 7.30. The Bertz CT molecular complexity index is 2090. The maximum absolute atomic E-state index is 13.4. The number of ether oxygens (including phenoxy) is 3. The highest BCUT2D eigenvalue weighted by atomic mass is 16.7. The minimum Gasteiger partial charge on any atom is -0.445 e. The Morgan fingerprint density at radius 2 is 1.50 bits per heavy atom. The number of rotatable bonds is 13. The number of carbonyl (C=O) groups is 3. The van der Waals surface area contributed by atoms with Gasteiger partial charge in [0.2, 0.25) is 5.91 Å². The highest BCUT2D eigenvalue weighted by molar-refractivity contribution is 6.06. The molecule has 5 aromatic carbocycles. The Morgan fingerprint density at radius 1 is 0.839 bits per heavy atom. The van der Waals surface area contributed by atoms with Crippen LogP contribution in [0.4, 0.5) is 4.79 Å². The molecule has 288 valence electrons. The van der Waals surface area contributed by atoms with Crippen molar-refractivity contribution in [2.45, 2.75) is 70.1 Å². The van der Waals surface area contributed by atoms with Gasteiger partial charge in [-0.2, -0.15) is 0 Å². The Balaban J connectivity index is 1.04. The fourth-order valence-electron chi connectivity index (χ4n) is 7.30. The maximum atomic E-state index is 13.4. The summed E-state index contributed by atoms with van der Waals surface area (Å²) in [4.78, 5) is 42.4. The van der Waals surface area contributed by atoms with E-state index in [1.807, 2.05) is 109 Å². The molecule has 10 nitrogen and oxygen atoms in total. The van der Waals surface area contributed by atoms with Crippen LogP contribution in [0.2, 0.25) is 0 Å². The third kappa shape index (κ3) is 9.23.